The summed E-state index contributed by atoms with van der Waals surface area (Å²) in [7, 11) is 0. The molecule has 1 aromatic carbocycles. The van der Waals surface area contributed by atoms with Crippen LogP contribution in [0, 0.1) is 5.92 Å². The number of ether oxygens (including phenoxy) is 1. The molecule has 1 saturated heterocycles. The van der Waals surface area contributed by atoms with Crippen molar-refractivity contribution in [2.24, 2.45) is 5.92 Å². The fourth-order valence-corrected chi connectivity index (χ4v) is 5.73. The Balaban J connectivity index is 1.48. The second-order valence-corrected chi connectivity index (χ2v) is 9.29. The first kappa shape index (κ1) is 18.0. The van der Waals surface area contributed by atoms with Crippen LogP contribution < -0.4 is 4.74 Å². The van der Waals surface area contributed by atoms with Gasteiger partial charge in [-0.2, -0.15) is 0 Å². The fraction of sp³-hybridized carbons (Fsp3) is 0.632. The summed E-state index contributed by atoms with van der Waals surface area (Å²) in [6.07, 6.45) is 4.86. The molecule has 3 nitrogen and oxygen atoms in total. The summed E-state index contributed by atoms with van der Waals surface area (Å²) in [4.78, 5) is 14.4. The lowest BCUT2D eigenvalue weighted by molar-refractivity contribution is -0.133. The van der Waals surface area contributed by atoms with E-state index in [4.69, 9.17) is 4.74 Å². The topological polar surface area (TPSA) is 29.5 Å². The number of thioether (sulfide) groups is 2. The minimum atomic E-state index is 0.117. The van der Waals surface area contributed by atoms with Gasteiger partial charge >= 0.3 is 0 Å². The molecular formula is C19H27NO2S2. The van der Waals surface area contributed by atoms with Crippen molar-refractivity contribution in [3.63, 3.8) is 0 Å². The lowest BCUT2D eigenvalue weighted by atomic mass is 10.2. The fourth-order valence-electron chi connectivity index (χ4n) is 2.84. The van der Waals surface area contributed by atoms with Crippen molar-refractivity contribution < 1.29 is 9.53 Å². The van der Waals surface area contributed by atoms with Crippen LogP contribution >= 0.6 is 23.5 Å². The highest BCUT2D eigenvalue weighted by Gasteiger charge is 2.26. The molecule has 2 fully saturated rings. The normalized spacial score (nSPS) is 18.4. The van der Waals surface area contributed by atoms with Crippen LogP contribution in [0.15, 0.2) is 24.3 Å². The molecule has 1 aromatic rings. The molecule has 1 saturated carbocycles. The molecule has 0 atom stereocenters. The number of benzene rings is 1. The summed E-state index contributed by atoms with van der Waals surface area (Å²) < 4.78 is 6.28. The first-order valence-electron chi connectivity index (χ1n) is 9.00. The maximum absolute atomic E-state index is 12.4. The summed E-state index contributed by atoms with van der Waals surface area (Å²) in [5, 5.41) is 0. The third-order valence-corrected chi connectivity index (χ3v) is 7.38. The van der Waals surface area contributed by atoms with Gasteiger partial charge in [-0.1, -0.05) is 19.1 Å². The third-order valence-electron chi connectivity index (χ3n) is 4.36. The van der Waals surface area contributed by atoms with Crippen molar-refractivity contribution in [1.82, 2.24) is 4.90 Å². The lowest BCUT2D eigenvalue weighted by Crippen LogP contribution is -2.37. The first-order chi connectivity index (χ1) is 11.8. The number of hydrogen-bond donors (Lipinski definition) is 0. The average molecular weight is 366 g/mol. The molecule has 1 heterocycles. The third kappa shape index (κ3) is 5.35. The average Bonchev–Trinajstić information content (AvgIpc) is 3.45. The number of nitrogens with zero attached hydrogens (tertiary/aromatic N) is 1. The van der Waals surface area contributed by atoms with Crippen LogP contribution in [0.3, 0.4) is 0 Å². The van der Waals surface area contributed by atoms with Gasteiger partial charge in [-0.3, -0.25) is 4.79 Å². The molecule has 1 aliphatic heterocycles. The molecule has 0 spiro atoms. The SMILES string of the molecule is CCCN(CC1CC1)C(=O)COc1ccc(C2SCCCS2)cc1. The van der Waals surface area contributed by atoms with E-state index in [-0.39, 0.29) is 12.5 Å². The molecule has 0 bridgehead atoms. The summed E-state index contributed by atoms with van der Waals surface area (Å²) in [6, 6.07) is 8.29. The molecular weight excluding hydrogens is 338 g/mol. The van der Waals surface area contributed by atoms with Crippen molar-refractivity contribution in [1.29, 1.82) is 0 Å². The predicted molar refractivity (Wildman–Crippen MR) is 104 cm³/mol. The number of rotatable bonds is 8. The summed E-state index contributed by atoms with van der Waals surface area (Å²) in [5.74, 6) is 4.13. The highest BCUT2D eigenvalue weighted by atomic mass is 32.2. The van der Waals surface area contributed by atoms with Crippen LogP contribution in [-0.2, 0) is 4.79 Å². The minimum Gasteiger partial charge on any atom is -0.484 e. The number of amides is 1. The standard InChI is InChI=1S/C19H27NO2S2/c1-2-10-20(13-15-4-5-15)18(21)14-22-17-8-6-16(7-9-17)19-23-11-3-12-24-19/h6-9,15,19H,2-5,10-14H2,1H3. The van der Waals surface area contributed by atoms with Crippen LogP contribution in [0.4, 0.5) is 0 Å². The van der Waals surface area contributed by atoms with E-state index >= 15 is 0 Å². The Bertz CT molecular complexity index is 525. The smallest absolute Gasteiger partial charge is 0.260 e. The van der Waals surface area contributed by atoms with E-state index in [9.17, 15) is 4.79 Å². The van der Waals surface area contributed by atoms with Gasteiger partial charge in [0.05, 0.1) is 4.58 Å². The highest BCUT2D eigenvalue weighted by molar-refractivity contribution is 8.16. The van der Waals surface area contributed by atoms with E-state index in [2.05, 4.69) is 19.1 Å². The van der Waals surface area contributed by atoms with Gasteiger partial charge in [0.15, 0.2) is 6.61 Å². The summed E-state index contributed by atoms with van der Waals surface area (Å²) in [6.45, 7) is 4.02. The van der Waals surface area contributed by atoms with Crippen molar-refractivity contribution in [2.45, 2.75) is 37.2 Å². The molecule has 132 valence electrons. The molecule has 2 aliphatic rings. The molecule has 24 heavy (non-hydrogen) atoms. The number of hydrogen-bond acceptors (Lipinski definition) is 4. The van der Waals surface area contributed by atoms with Crippen molar-refractivity contribution in [2.75, 3.05) is 31.2 Å². The largest absolute Gasteiger partial charge is 0.484 e. The lowest BCUT2D eigenvalue weighted by Gasteiger charge is -2.22. The van der Waals surface area contributed by atoms with E-state index < -0.39 is 0 Å². The minimum absolute atomic E-state index is 0.117. The second-order valence-electron chi connectivity index (χ2n) is 6.57. The Labute approximate surface area is 153 Å². The molecule has 0 radical (unpaired) electrons. The Kier molecular flexibility index (Phi) is 6.78. The van der Waals surface area contributed by atoms with Crippen LogP contribution in [0.25, 0.3) is 0 Å². The van der Waals surface area contributed by atoms with Gasteiger partial charge in [0, 0.05) is 13.1 Å². The van der Waals surface area contributed by atoms with Gasteiger partial charge in [0.2, 0.25) is 0 Å². The number of carbonyl (C=O) groups is 1. The quantitative estimate of drug-likeness (QED) is 0.674. The van der Waals surface area contributed by atoms with Gasteiger partial charge in [-0.15, -0.1) is 23.5 Å². The van der Waals surface area contributed by atoms with Crippen LogP contribution in [0.5, 0.6) is 5.75 Å². The Morgan fingerprint density at radius 2 is 1.92 bits per heavy atom. The van der Waals surface area contributed by atoms with Gasteiger partial charge in [0.1, 0.15) is 5.75 Å². The Hall–Kier alpha value is -0.810. The molecule has 0 unspecified atom stereocenters. The second kappa shape index (κ2) is 9.04. The molecule has 1 amide bonds. The van der Waals surface area contributed by atoms with E-state index in [0.717, 1.165) is 31.2 Å². The zero-order valence-electron chi connectivity index (χ0n) is 14.4. The monoisotopic (exact) mass is 365 g/mol. The van der Waals surface area contributed by atoms with Gasteiger partial charge in [0.25, 0.3) is 5.91 Å². The molecule has 3 rings (SSSR count). The number of carbonyl (C=O) groups excluding carboxylic acids is 1. The zero-order chi connectivity index (χ0) is 16.8. The predicted octanol–water partition coefficient (Wildman–Crippen LogP) is 4.58. The molecule has 1 aliphatic carbocycles. The van der Waals surface area contributed by atoms with Gasteiger partial charge < -0.3 is 9.64 Å². The first-order valence-corrected chi connectivity index (χ1v) is 11.1. The van der Waals surface area contributed by atoms with Crippen molar-refractivity contribution in [3.05, 3.63) is 29.8 Å². The Morgan fingerprint density at radius 1 is 1.21 bits per heavy atom. The van der Waals surface area contributed by atoms with E-state index in [1.54, 1.807) is 0 Å². The van der Waals surface area contributed by atoms with Crippen LogP contribution in [0.1, 0.15) is 42.8 Å². The maximum atomic E-state index is 12.4. The summed E-state index contributed by atoms with van der Waals surface area (Å²) in [5.41, 5.74) is 1.35. The zero-order valence-corrected chi connectivity index (χ0v) is 16.0. The Morgan fingerprint density at radius 3 is 2.54 bits per heavy atom. The van der Waals surface area contributed by atoms with Crippen LogP contribution in [0.2, 0.25) is 0 Å². The van der Waals surface area contributed by atoms with Gasteiger partial charge in [-0.05, 0) is 60.8 Å². The van der Waals surface area contributed by atoms with Crippen molar-refractivity contribution in [3.8, 4) is 5.75 Å². The maximum Gasteiger partial charge on any atom is 0.260 e. The molecule has 5 heteroatoms. The van der Waals surface area contributed by atoms with Crippen molar-refractivity contribution >= 4 is 29.4 Å². The van der Waals surface area contributed by atoms with Gasteiger partial charge in [-0.25, -0.2) is 0 Å². The van der Waals surface area contributed by atoms with E-state index in [1.165, 1.54) is 36.3 Å². The highest BCUT2D eigenvalue weighted by Crippen LogP contribution is 2.43. The van der Waals surface area contributed by atoms with Crippen LogP contribution in [-0.4, -0.2) is 42.0 Å². The molecule has 0 aromatic heterocycles. The van der Waals surface area contributed by atoms with E-state index in [0.29, 0.717) is 4.58 Å². The summed E-state index contributed by atoms with van der Waals surface area (Å²) >= 11 is 4.05. The molecule has 0 N–H and O–H groups in total. The van der Waals surface area contributed by atoms with E-state index in [1.807, 2.05) is 40.6 Å².